The Labute approximate surface area is 179 Å². The van der Waals surface area contributed by atoms with Crippen LogP contribution in [0.3, 0.4) is 0 Å². The van der Waals surface area contributed by atoms with Crippen molar-refractivity contribution in [2.24, 2.45) is 7.05 Å². The molecule has 1 fully saturated rings. The minimum Gasteiger partial charge on any atom is -0.388 e. The van der Waals surface area contributed by atoms with Gasteiger partial charge in [0, 0.05) is 50.5 Å². The maximum atomic E-state index is 12.6. The van der Waals surface area contributed by atoms with Gasteiger partial charge in [-0.25, -0.2) is 4.98 Å². The molecule has 1 amide bonds. The molecule has 1 N–H and O–H groups in total. The highest BCUT2D eigenvalue weighted by Crippen LogP contribution is 2.28. The first-order valence-corrected chi connectivity index (χ1v) is 10.4. The number of carbonyl (C=O) groups excluding carboxylic acids is 1. The Morgan fingerprint density at radius 1 is 1.13 bits per heavy atom. The lowest BCUT2D eigenvalue weighted by Gasteiger charge is -2.38. The van der Waals surface area contributed by atoms with Gasteiger partial charge in [-0.3, -0.25) is 14.5 Å². The Hall–Kier alpha value is -3.52. The van der Waals surface area contributed by atoms with E-state index < -0.39 is 5.60 Å². The number of pyridine rings is 2. The first-order valence-electron chi connectivity index (χ1n) is 10.4. The third-order valence-corrected chi connectivity index (χ3v) is 6.00. The number of hydrogen-bond acceptors (Lipinski definition) is 5. The molecule has 0 radical (unpaired) electrons. The number of rotatable bonds is 4. The zero-order valence-corrected chi connectivity index (χ0v) is 17.3. The van der Waals surface area contributed by atoms with Crippen LogP contribution in [0.2, 0.25) is 0 Å². The van der Waals surface area contributed by atoms with Gasteiger partial charge in [0.1, 0.15) is 0 Å². The fraction of sp³-hybridized carbons (Fsp3) is 0.304. The van der Waals surface area contributed by atoms with Crippen molar-refractivity contribution < 1.29 is 9.90 Å². The van der Waals surface area contributed by atoms with Crippen LogP contribution in [0.15, 0.2) is 61.3 Å². The number of fused-ring (bicyclic) bond motifs is 1. The predicted molar refractivity (Wildman–Crippen MR) is 116 cm³/mol. The minimum absolute atomic E-state index is 0.0330. The molecule has 4 aromatic rings. The second-order valence-corrected chi connectivity index (χ2v) is 8.20. The first kappa shape index (κ1) is 19.4. The van der Waals surface area contributed by atoms with Crippen molar-refractivity contribution in [1.29, 1.82) is 0 Å². The molecular formula is C23H24N6O2. The van der Waals surface area contributed by atoms with E-state index in [2.05, 4.69) is 14.6 Å². The van der Waals surface area contributed by atoms with Gasteiger partial charge < -0.3 is 14.6 Å². The average Bonchev–Trinajstić information content (AvgIpc) is 3.40. The second kappa shape index (κ2) is 7.63. The van der Waals surface area contributed by atoms with Gasteiger partial charge in [-0.05, 0) is 43.2 Å². The second-order valence-electron chi connectivity index (χ2n) is 8.20. The molecule has 31 heavy (non-hydrogen) atoms. The van der Waals surface area contributed by atoms with Gasteiger partial charge in [-0.2, -0.15) is 5.10 Å². The standard InChI is InChI=1S/C23H24N6O2/c1-27-15-18(14-25-27)22(30)28-12-7-23(31,8-13-28)16-29-11-6-20-21(29)3-2-19(26-20)17-4-9-24-10-5-17/h2-6,9-11,14-15,31H,7-8,12-13,16H2,1H3. The lowest BCUT2D eigenvalue weighted by atomic mass is 9.91. The summed E-state index contributed by atoms with van der Waals surface area (Å²) in [5.41, 5.74) is 3.52. The number of aryl methyl sites for hydroxylation is 1. The number of nitrogens with zero attached hydrogens (tertiary/aromatic N) is 6. The number of amides is 1. The van der Waals surface area contributed by atoms with E-state index in [1.165, 1.54) is 0 Å². The number of hydrogen-bond donors (Lipinski definition) is 1. The molecule has 8 heteroatoms. The molecular weight excluding hydrogens is 392 g/mol. The van der Waals surface area contributed by atoms with Gasteiger partial charge in [-0.1, -0.05) is 0 Å². The molecule has 0 atom stereocenters. The Morgan fingerprint density at radius 2 is 1.90 bits per heavy atom. The third kappa shape index (κ3) is 3.82. The molecule has 1 saturated heterocycles. The smallest absolute Gasteiger partial charge is 0.257 e. The maximum Gasteiger partial charge on any atom is 0.257 e. The van der Waals surface area contributed by atoms with Crippen molar-refractivity contribution in [2.75, 3.05) is 13.1 Å². The summed E-state index contributed by atoms with van der Waals surface area (Å²) < 4.78 is 3.68. The molecule has 0 aliphatic carbocycles. The molecule has 0 saturated carbocycles. The predicted octanol–water partition coefficient (Wildman–Crippen LogP) is 2.50. The lowest BCUT2D eigenvalue weighted by molar-refractivity contribution is -0.0283. The van der Waals surface area contributed by atoms with Gasteiger partial charge in [0.05, 0.1) is 40.6 Å². The SMILES string of the molecule is Cn1cc(C(=O)N2CCC(O)(Cn3ccc4nc(-c5ccncc5)ccc43)CC2)cn1. The molecule has 0 aromatic carbocycles. The number of piperidine rings is 1. The van der Waals surface area contributed by atoms with E-state index in [0.717, 1.165) is 22.3 Å². The highest BCUT2D eigenvalue weighted by molar-refractivity contribution is 5.93. The molecule has 0 bridgehead atoms. The van der Waals surface area contributed by atoms with Crippen LogP contribution < -0.4 is 0 Å². The largest absolute Gasteiger partial charge is 0.388 e. The zero-order chi connectivity index (χ0) is 21.4. The van der Waals surface area contributed by atoms with E-state index in [1.807, 2.05) is 36.5 Å². The highest BCUT2D eigenvalue weighted by atomic mass is 16.3. The van der Waals surface area contributed by atoms with Crippen molar-refractivity contribution in [2.45, 2.75) is 25.0 Å². The van der Waals surface area contributed by atoms with E-state index in [1.54, 1.807) is 41.4 Å². The number of aliphatic hydroxyl groups is 1. The quantitative estimate of drug-likeness (QED) is 0.552. The summed E-state index contributed by atoms with van der Waals surface area (Å²) in [6.07, 6.45) is 9.85. The van der Waals surface area contributed by atoms with Gasteiger partial charge >= 0.3 is 0 Å². The Morgan fingerprint density at radius 3 is 2.61 bits per heavy atom. The molecule has 1 aliphatic heterocycles. The van der Waals surface area contributed by atoms with E-state index in [0.29, 0.717) is 38.0 Å². The topological polar surface area (TPSA) is 89.1 Å². The van der Waals surface area contributed by atoms with Crippen molar-refractivity contribution in [1.82, 2.24) is 29.2 Å². The Balaban J connectivity index is 1.29. The number of aromatic nitrogens is 5. The summed E-state index contributed by atoms with van der Waals surface area (Å²) in [6.45, 7) is 1.52. The van der Waals surface area contributed by atoms with Gasteiger partial charge in [0.2, 0.25) is 0 Å². The minimum atomic E-state index is -0.860. The summed E-state index contributed by atoms with van der Waals surface area (Å²) >= 11 is 0. The normalized spacial score (nSPS) is 16.0. The van der Waals surface area contributed by atoms with Gasteiger partial charge in [-0.15, -0.1) is 0 Å². The van der Waals surface area contributed by atoms with E-state index in [-0.39, 0.29) is 5.91 Å². The van der Waals surface area contributed by atoms with Crippen molar-refractivity contribution in [3.8, 4) is 11.3 Å². The molecule has 0 unspecified atom stereocenters. The molecule has 5 rings (SSSR count). The van der Waals surface area contributed by atoms with Crippen molar-refractivity contribution >= 4 is 16.9 Å². The molecule has 1 aliphatic rings. The van der Waals surface area contributed by atoms with Crippen LogP contribution in [0.5, 0.6) is 0 Å². The van der Waals surface area contributed by atoms with Crippen LogP contribution in [0.1, 0.15) is 23.2 Å². The monoisotopic (exact) mass is 416 g/mol. The summed E-state index contributed by atoms with van der Waals surface area (Å²) in [5.74, 6) is -0.0330. The molecule has 0 spiro atoms. The Bertz CT molecular complexity index is 1220. The summed E-state index contributed by atoms with van der Waals surface area (Å²) in [7, 11) is 1.79. The summed E-state index contributed by atoms with van der Waals surface area (Å²) in [5, 5.41) is 15.3. The lowest BCUT2D eigenvalue weighted by Crippen LogP contribution is -2.48. The van der Waals surface area contributed by atoms with E-state index >= 15 is 0 Å². The van der Waals surface area contributed by atoms with Crippen LogP contribution in [0.25, 0.3) is 22.3 Å². The average molecular weight is 416 g/mol. The van der Waals surface area contributed by atoms with Crippen LogP contribution in [0, 0.1) is 0 Å². The first-order chi connectivity index (χ1) is 15.0. The number of likely N-dealkylation sites (tertiary alicyclic amines) is 1. The van der Waals surface area contributed by atoms with Crippen molar-refractivity contribution in [3.63, 3.8) is 0 Å². The highest BCUT2D eigenvalue weighted by Gasteiger charge is 2.35. The fourth-order valence-corrected chi connectivity index (χ4v) is 4.21. The summed E-state index contributed by atoms with van der Waals surface area (Å²) in [6, 6.07) is 9.89. The summed E-state index contributed by atoms with van der Waals surface area (Å²) in [4.78, 5) is 23.2. The Kier molecular flexibility index (Phi) is 4.78. The molecule has 158 valence electrons. The van der Waals surface area contributed by atoms with E-state index in [9.17, 15) is 9.90 Å². The van der Waals surface area contributed by atoms with Crippen molar-refractivity contribution in [3.05, 3.63) is 66.9 Å². The van der Waals surface area contributed by atoms with Crippen LogP contribution in [-0.2, 0) is 13.6 Å². The molecule has 5 heterocycles. The third-order valence-electron chi connectivity index (χ3n) is 6.00. The van der Waals surface area contributed by atoms with Gasteiger partial charge in [0.25, 0.3) is 5.91 Å². The maximum absolute atomic E-state index is 12.6. The fourth-order valence-electron chi connectivity index (χ4n) is 4.21. The van der Waals surface area contributed by atoms with Crippen LogP contribution in [-0.4, -0.2) is 58.9 Å². The zero-order valence-electron chi connectivity index (χ0n) is 17.3. The van der Waals surface area contributed by atoms with Crippen LogP contribution in [0.4, 0.5) is 0 Å². The molecule has 4 aromatic heterocycles. The molecule has 8 nitrogen and oxygen atoms in total. The van der Waals surface area contributed by atoms with Crippen LogP contribution >= 0.6 is 0 Å². The van der Waals surface area contributed by atoms with Gasteiger partial charge in [0.15, 0.2) is 0 Å². The van der Waals surface area contributed by atoms with E-state index in [4.69, 9.17) is 4.98 Å². The number of carbonyl (C=O) groups is 1.